The SMILES string of the molecule is CCCC(C)COc1c(OCC=C(C)C)c2ccc(NC(=O)C=Cc3ccc(O)cc3)cc2n(C)c1=O. The van der Waals surface area contributed by atoms with Crippen LogP contribution in [0.15, 0.2) is 65.0 Å². The van der Waals surface area contributed by atoms with Crippen LogP contribution in [0.4, 0.5) is 5.69 Å². The maximum Gasteiger partial charge on any atom is 0.297 e. The number of pyridine rings is 1. The number of amides is 1. The number of aromatic nitrogens is 1. The summed E-state index contributed by atoms with van der Waals surface area (Å²) in [6, 6.07) is 11.9. The molecule has 0 aliphatic carbocycles. The molecule has 1 atom stereocenters. The highest BCUT2D eigenvalue weighted by atomic mass is 16.5. The molecule has 2 N–H and O–H groups in total. The Morgan fingerprint density at radius 3 is 2.51 bits per heavy atom. The van der Waals surface area contributed by atoms with E-state index in [0.29, 0.717) is 36.1 Å². The van der Waals surface area contributed by atoms with Crippen LogP contribution in [-0.2, 0) is 11.8 Å². The molecule has 196 valence electrons. The van der Waals surface area contributed by atoms with E-state index in [4.69, 9.17) is 9.47 Å². The van der Waals surface area contributed by atoms with E-state index in [1.807, 2.05) is 26.0 Å². The van der Waals surface area contributed by atoms with Crippen LogP contribution in [0.3, 0.4) is 0 Å². The standard InChI is InChI=1S/C30H36N2O5/c1-6-7-21(4)19-37-29-28(36-17-16-20(2)3)25-14-11-23(18-26(25)32(5)30(29)35)31-27(34)15-10-22-8-12-24(33)13-9-22/h8-16,18,21,33H,6-7,17,19H2,1-5H3,(H,31,34). The van der Waals surface area contributed by atoms with E-state index >= 15 is 0 Å². The molecule has 1 aromatic heterocycles. The van der Waals surface area contributed by atoms with E-state index < -0.39 is 0 Å². The Kier molecular flexibility index (Phi) is 9.55. The molecule has 7 nitrogen and oxygen atoms in total. The number of phenols is 1. The van der Waals surface area contributed by atoms with Gasteiger partial charge in [-0.25, -0.2) is 0 Å². The first-order valence-corrected chi connectivity index (χ1v) is 12.5. The predicted octanol–water partition coefficient (Wildman–Crippen LogP) is 6.06. The highest BCUT2D eigenvalue weighted by Crippen LogP contribution is 2.34. The maximum atomic E-state index is 13.3. The van der Waals surface area contributed by atoms with Crippen LogP contribution >= 0.6 is 0 Å². The minimum absolute atomic E-state index is 0.164. The van der Waals surface area contributed by atoms with Crippen LogP contribution in [0, 0.1) is 5.92 Å². The third-order valence-electron chi connectivity index (χ3n) is 5.91. The van der Waals surface area contributed by atoms with E-state index in [2.05, 4.69) is 19.2 Å². The number of carbonyl (C=O) groups excluding carboxylic acids is 1. The van der Waals surface area contributed by atoms with E-state index in [1.54, 1.807) is 49.5 Å². The first-order valence-electron chi connectivity index (χ1n) is 12.5. The van der Waals surface area contributed by atoms with Gasteiger partial charge < -0.3 is 24.5 Å². The summed E-state index contributed by atoms with van der Waals surface area (Å²) in [6.45, 7) is 8.94. The number of hydrogen-bond donors (Lipinski definition) is 2. The summed E-state index contributed by atoms with van der Waals surface area (Å²) >= 11 is 0. The largest absolute Gasteiger partial charge is 0.508 e. The molecule has 1 unspecified atom stereocenters. The summed E-state index contributed by atoms with van der Waals surface area (Å²) in [5.41, 5.74) is 2.76. The van der Waals surface area contributed by atoms with Crippen LogP contribution in [0.1, 0.15) is 46.1 Å². The van der Waals surface area contributed by atoms with Crippen molar-refractivity contribution in [3.8, 4) is 17.2 Å². The summed E-state index contributed by atoms with van der Waals surface area (Å²) in [4.78, 5) is 25.8. The molecule has 0 aliphatic heterocycles. The molecule has 0 saturated carbocycles. The van der Waals surface area contributed by atoms with Gasteiger partial charge in [0.15, 0.2) is 5.75 Å². The zero-order valence-corrected chi connectivity index (χ0v) is 22.2. The second-order valence-electron chi connectivity index (χ2n) is 9.47. The molecular weight excluding hydrogens is 468 g/mol. The summed E-state index contributed by atoms with van der Waals surface area (Å²) in [7, 11) is 1.68. The molecule has 3 rings (SSSR count). The van der Waals surface area contributed by atoms with E-state index in [0.717, 1.165) is 29.4 Å². The third kappa shape index (κ3) is 7.49. The lowest BCUT2D eigenvalue weighted by molar-refractivity contribution is -0.111. The lowest BCUT2D eigenvalue weighted by Crippen LogP contribution is -2.23. The number of nitrogens with zero attached hydrogens (tertiary/aromatic N) is 1. The number of aromatic hydroxyl groups is 1. The van der Waals surface area contributed by atoms with Crippen molar-refractivity contribution in [1.82, 2.24) is 4.57 Å². The van der Waals surface area contributed by atoms with Gasteiger partial charge in [0.05, 0.1) is 12.1 Å². The molecule has 1 amide bonds. The Morgan fingerprint density at radius 2 is 1.84 bits per heavy atom. The summed E-state index contributed by atoms with van der Waals surface area (Å²) in [5, 5.41) is 13.0. The zero-order chi connectivity index (χ0) is 26.9. The molecule has 0 radical (unpaired) electrons. The number of fused-ring (bicyclic) bond motifs is 1. The number of hydrogen-bond acceptors (Lipinski definition) is 5. The number of benzene rings is 2. The molecule has 0 aliphatic rings. The van der Waals surface area contributed by atoms with Gasteiger partial charge in [0, 0.05) is 24.2 Å². The number of ether oxygens (including phenoxy) is 2. The van der Waals surface area contributed by atoms with Gasteiger partial charge in [-0.15, -0.1) is 0 Å². The molecule has 3 aromatic rings. The van der Waals surface area contributed by atoms with Gasteiger partial charge in [0.1, 0.15) is 12.4 Å². The van der Waals surface area contributed by atoms with Crippen molar-refractivity contribution >= 4 is 28.6 Å². The molecule has 0 fully saturated rings. The van der Waals surface area contributed by atoms with Crippen molar-refractivity contribution in [3.05, 3.63) is 76.1 Å². The average Bonchev–Trinajstić information content (AvgIpc) is 2.86. The van der Waals surface area contributed by atoms with E-state index in [-0.39, 0.29) is 23.0 Å². The number of nitrogens with one attached hydrogen (secondary N) is 1. The minimum atomic E-state index is -0.317. The molecule has 2 aromatic carbocycles. The zero-order valence-electron chi connectivity index (χ0n) is 22.2. The van der Waals surface area contributed by atoms with Crippen molar-refractivity contribution in [2.24, 2.45) is 13.0 Å². The van der Waals surface area contributed by atoms with Crippen LogP contribution in [0.5, 0.6) is 17.2 Å². The van der Waals surface area contributed by atoms with Gasteiger partial charge in [-0.05, 0) is 74.2 Å². The molecule has 1 heterocycles. The molecular formula is C30H36N2O5. The highest BCUT2D eigenvalue weighted by molar-refractivity contribution is 6.03. The average molecular weight is 505 g/mol. The minimum Gasteiger partial charge on any atom is -0.508 e. The van der Waals surface area contributed by atoms with Crippen molar-refractivity contribution in [3.63, 3.8) is 0 Å². The topological polar surface area (TPSA) is 89.8 Å². The number of carbonyl (C=O) groups is 1. The number of aryl methyl sites for hydroxylation is 1. The normalized spacial score (nSPS) is 11.9. The summed E-state index contributed by atoms with van der Waals surface area (Å²) in [5.74, 6) is 0.764. The van der Waals surface area contributed by atoms with Crippen molar-refractivity contribution in [2.75, 3.05) is 18.5 Å². The van der Waals surface area contributed by atoms with Gasteiger partial charge in [0.25, 0.3) is 5.56 Å². The maximum absolute atomic E-state index is 13.3. The number of allylic oxidation sites excluding steroid dienone is 1. The number of rotatable bonds is 11. The van der Waals surface area contributed by atoms with Crippen molar-refractivity contribution in [1.29, 1.82) is 0 Å². The fourth-order valence-corrected chi connectivity index (χ4v) is 3.87. The van der Waals surface area contributed by atoms with Crippen LogP contribution in [-0.4, -0.2) is 28.8 Å². The first kappa shape index (κ1) is 27.6. The molecule has 0 bridgehead atoms. The first-order chi connectivity index (χ1) is 17.7. The van der Waals surface area contributed by atoms with Crippen LogP contribution in [0.25, 0.3) is 17.0 Å². The Balaban J connectivity index is 1.93. The van der Waals surface area contributed by atoms with Crippen LogP contribution < -0.4 is 20.3 Å². The van der Waals surface area contributed by atoms with Gasteiger partial charge in [-0.3, -0.25) is 9.59 Å². The van der Waals surface area contributed by atoms with Gasteiger partial charge in [0.2, 0.25) is 11.7 Å². The van der Waals surface area contributed by atoms with Crippen LogP contribution in [0.2, 0.25) is 0 Å². The fourth-order valence-electron chi connectivity index (χ4n) is 3.87. The Morgan fingerprint density at radius 1 is 1.11 bits per heavy atom. The lowest BCUT2D eigenvalue weighted by atomic mass is 10.1. The molecule has 0 saturated heterocycles. The Bertz CT molecular complexity index is 1350. The van der Waals surface area contributed by atoms with Crippen molar-refractivity contribution in [2.45, 2.75) is 40.5 Å². The second kappa shape index (κ2) is 12.8. The summed E-state index contributed by atoms with van der Waals surface area (Å²) < 4.78 is 13.6. The third-order valence-corrected chi connectivity index (χ3v) is 5.91. The Hall–Kier alpha value is -4.00. The molecule has 0 spiro atoms. The molecule has 37 heavy (non-hydrogen) atoms. The van der Waals surface area contributed by atoms with E-state index in [1.165, 1.54) is 10.6 Å². The quantitative estimate of drug-likeness (QED) is 0.245. The monoisotopic (exact) mass is 504 g/mol. The van der Waals surface area contributed by atoms with E-state index in [9.17, 15) is 14.7 Å². The Labute approximate surface area is 218 Å². The highest BCUT2D eigenvalue weighted by Gasteiger charge is 2.19. The smallest absolute Gasteiger partial charge is 0.297 e. The summed E-state index contributed by atoms with van der Waals surface area (Å²) in [6.07, 6.45) is 7.07. The second-order valence-corrected chi connectivity index (χ2v) is 9.47. The van der Waals surface area contributed by atoms with Crippen molar-refractivity contribution < 1.29 is 19.4 Å². The lowest BCUT2D eigenvalue weighted by Gasteiger charge is -2.19. The number of phenolic OH excluding ortho intramolecular Hbond substituents is 1. The predicted molar refractivity (Wildman–Crippen MR) is 149 cm³/mol. The fraction of sp³-hybridized carbons (Fsp3) is 0.333. The van der Waals surface area contributed by atoms with Gasteiger partial charge >= 0.3 is 0 Å². The van der Waals surface area contributed by atoms with Gasteiger partial charge in [-0.1, -0.05) is 38.0 Å². The molecule has 7 heteroatoms. The van der Waals surface area contributed by atoms with Gasteiger partial charge in [-0.2, -0.15) is 0 Å². The number of anilines is 1.